The Labute approximate surface area is 210 Å². The number of hydrogen-bond donors (Lipinski definition) is 0. The summed E-state index contributed by atoms with van der Waals surface area (Å²) in [4.78, 5) is 0. The molecule has 0 amide bonds. The van der Waals surface area contributed by atoms with Crippen LogP contribution in [0.25, 0.3) is 0 Å². The van der Waals surface area contributed by atoms with Gasteiger partial charge >= 0.3 is 0 Å². The Morgan fingerprint density at radius 2 is 0.857 bits per heavy atom. The van der Waals surface area contributed by atoms with Crippen LogP contribution < -0.4 is 21.9 Å². The third-order valence-electron chi connectivity index (χ3n) is 6.45. The minimum Gasteiger partial charge on any atom is -0.198 e. The molecule has 170 valence electrons. The van der Waals surface area contributed by atoms with E-state index >= 15 is 0 Å². The Hall–Kier alpha value is -4.16. The molecule has 0 heterocycles. The van der Waals surface area contributed by atoms with E-state index in [1.807, 2.05) is 24.9 Å². The van der Waals surface area contributed by atoms with Crippen molar-refractivity contribution in [3.05, 3.63) is 121 Å². The van der Waals surface area contributed by atoms with Crippen LogP contribution in [-0.2, 0) is 0 Å². The number of benzene rings is 4. The number of rotatable bonds is 6. The Balaban J connectivity index is 0.000000292. The molecule has 4 rings (SSSR count). The van der Waals surface area contributed by atoms with Gasteiger partial charge in [0.15, 0.2) is 0 Å². The van der Waals surface area contributed by atoms with E-state index in [1.54, 1.807) is 0 Å². The SMILES string of the molecule is C[PH2+]C(C#N)(C#N)CC#N.c1ccc([B-](c2ccccc2)(c2ccccc2)c2ccccc2)cc1. The van der Waals surface area contributed by atoms with Gasteiger partial charge in [0.2, 0.25) is 0 Å². The molecule has 0 saturated heterocycles. The van der Waals surface area contributed by atoms with Gasteiger partial charge < -0.3 is 0 Å². The first-order valence-corrected chi connectivity index (χ1v) is 13.3. The number of nitriles is 3. The minimum absolute atomic E-state index is 0.0336. The van der Waals surface area contributed by atoms with Gasteiger partial charge in [0.25, 0.3) is 5.16 Å². The lowest BCUT2D eigenvalue weighted by atomic mass is 9.13. The summed E-state index contributed by atoms with van der Waals surface area (Å²) in [5, 5.41) is 24.3. The molecule has 1 unspecified atom stereocenters. The van der Waals surface area contributed by atoms with Crippen molar-refractivity contribution in [2.75, 3.05) is 6.66 Å². The molecule has 0 radical (unpaired) electrons. The number of hydrogen-bond acceptors (Lipinski definition) is 3. The zero-order valence-corrected chi connectivity index (χ0v) is 20.9. The van der Waals surface area contributed by atoms with Crippen molar-refractivity contribution in [3.63, 3.8) is 0 Å². The van der Waals surface area contributed by atoms with Crippen LogP contribution in [0, 0.1) is 34.0 Å². The molecular weight excluding hydrogens is 444 g/mol. The molecule has 0 spiro atoms. The van der Waals surface area contributed by atoms with Crippen LogP contribution in [0.2, 0.25) is 0 Å². The van der Waals surface area contributed by atoms with Gasteiger partial charge in [-0.2, -0.15) is 37.6 Å². The van der Waals surface area contributed by atoms with E-state index in [4.69, 9.17) is 15.8 Å². The molecule has 1 atom stereocenters. The molecule has 0 aliphatic carbocycles. The summed E-state index contributed by atoms with van der Waals surface area (Å²) in [7, 11) is -0.277. The lowest BCUT2D eigenvalue weighted by Gasteiger charge is -2.44. The molecule has 0 bridgehead atoms. The molecule has 0 N–H and O–H groups in total. The third-order valence-corrected chi connectivity index (χ3v) is 7.90. The summed E-state index contributed by atoms with van der Waals surface area (Å²) in [5.41, 5.74) is 5.36. The maximum Gasteiger partial charge on any atom is 0.255 e. The van der Waals surface area contributed by atoms with Gasteiger partial charge in [0.1, 0.15) is 24.7 Å². The molecule has 0 fully saturated rings. The average molecular weight is 471 g/mol. The summed E-state index contributed by atoms with van der Waals surface area (Å²) in [6.45, 7) is 1.81. The second-order valence-corrected chi connectivity index (χ2v) is 9.89. The first-order chi connectivity index (χ1) is 17.2. The van der Waals surface area contributed by atoms with Gasteiger partial charge in [-0.05, 0) is 0 Å². The van der Waals surface area contributed by atoms with Gasteiger partial charge in [0.05, 0.1) is 6.07 Å². The fraction of sp³-hybridized carbons (Fsp3) is 0.100. The summed E-state index contributed by atoms with van der Waals surface area (Å²) in [5.74, 6) is 0. The molecule has 0 aliphatic heterocycles. The standard InChI is InChI=1S/C24H20B.C6H6N3P/c1-5-13-21(14-6-1)25(22-15-7-2-8-16-22,23-17-9-3-10-18-23)24-19-11-4-12-20-24;1-10-6(4-8,5-9)2-3-7/h1-20H;10H,2H2,1H3/q-1;/p+1. The number of nitrogens with zero attached hydrogens (tertiary/aromatic N) is 3. The van der Waals surface area contributed by atoms with Crippen molar-refractivity contribution in [1.29, 1.82) is 15.8 Å². The van der Waals surface area contributed by atoms with Crippen molar-refractivity contribution in [1.82, 2.24) is 0 Å². The minimum atomic E-state index is -1.22. The lowest BCUT2D eigenvalue weighted by Crippen LogP contribution is -2.74. The Morgan fingerprint density at radius 1 is 0.571 bits per heavy atom. The smallest absolute Gasteiger partial charge is 0.198 e. The molecule has 4 aromatic rings. The van der Waals surface area contributed by atoms with Gasteiger partial charge in [-0.1, -0.05) is 121 Å². The van der Waals surface area contributed by atoms with Crippen molar-refractivity contribution < 1.29 is 0 Å². The average Bonchev–Trinajstić information content (AvgIpc) is 2.95. The maximum atomic E-state index is 8.50. The van der Waals surface area contributed by atoms with Gasteiger partial charge in [0, 0.05) is 15.2 Å². The van der Waals surface area contributed by atoms with Crippen LogP contribution >= 0.6 is 8.58 Å². The molecule has 0 aromatic heterocycles. The highest BCUT2D eigenvalue weighted by atomic mass is 31.1. The van der Waals surface area contributed by atoms with Gasteiger partial charge in [-0.15, -0.1) is 0 Å². The summed E-state index contributed by atoms with van der Waals surface area (Å²) >= 11 is 0. The van der Waals surface area contributed by atoms with Crippen molar-refractivity contribution in [3.8, 4) is 18.2 Å². The van der Waals surface area contributed by atoms with Crippen LogP contribution in [0.4, 0.5) is 0 Å². The fourth-order valence-electron chi connectivity index (χ4n) is 4.58. The van der Waals surface area contributed by atoms with Crippen molar-refractivity contribution >= 4 is 36.6 Å². The fourth-order valence-corrected chi connectivity index (χ4v) is 5.14. The normalized spacial score (nSPS) is 10.9. The van der Waals surface area contributed by atoms with E-state index in [9.17, 15) is 0 Å². The van der Waals surface area contributed by atoms with E-state index < -0.39 is 11.3 Å². The van der Waals surface area contributed by atoms with E-state index in [2.05, 4.69) is 121 Å². The quantitative estimate of drug-likeness (QED) is 0.317. The highest BCUT2D eigenvalue weighted by molar-refractivity contribution is 7.39. The highest BCUT2D eigenvalue weighted by Gasteiger charge is 2.33. The van der Waals surface area contributed by atoms with E-state index in [0.29, 0.717) is 0 Å². The molecule has 0 saturated carbocycles. The van der Waals surface area contributed by atoms with Crippen LogP contribution in [0.5, 0.6) is 0 Å². The summed E-state index contributed by atoms with van der Waals surface area (Å²) in [6, 6.07) is 49.1. The van der Waals surface area contributed by atoms with Crippen LogP contribution in [0.3, 0.4) is 0 Å². The van der Waals surface area contributed by atoms with Crippen molar-refractivity contribution in [2.24, 2.45) is 0 Å². The second-order valence-electron chi connectivity index (χ2n) is 8.33. The first-order valence-electron chi connectivity index (χ1n) is 11.5. The predicted octanol–water partition coefficient (Wildman–Crippen LogP) is 3.79. The summed E-state index contributed by atoms with van der Waals surface area (Å²) < 4.78 is 0. The molecule has 3 nitrogen and oxygen atoms in total. The van der Waals surface area contributed by atoms with Crippen LogP contribution in [0.15, 0.2) is 121 Å². The lowest BCUT2D eigenvalue weighted by molar-refractivity contribution is 0.923. The zero-order chi connectivity index (χ0) is 25.0. The Morgan fingerprint density at radius 3 is 1.03 bits per heavy atom. The maximum absolute atomic E-state index is 8.50. The molecule has 4 aromatic carbocycles. The molecule has 5 heteroatoms. The molecular formula is C30H27BN3P. The topological polar surface area (TPSA) is 71.4 Å². The monoisotopic (exact) mass is 471 g/mol. The third kappa shape index (κ3) is 5.50. The van der Waals surface area contributed by atoms with E-state index in [-0.39, 0.29) is 15.0 Å². The van der Waals surface area contributed by atoms with Crippen molar-refractivity contribution in [2.45, 2.75) is 11.6 Å². The van der Waals surface area contributed by atoms with E-state index in [1.165, 1.54) is 21.9 Å². The molecule has 35 heavy (non-hydrogen) atoms. The van der Waals surface area contributed by atoms with Crippen LogP contribution in [-0.4, -0.2) is 18.0 Å². The highest BCUT2D eigenvalue weighted by Crippen LogP contribution is 2.30. The Bertz CT molecular complexity index is 1150. The van der Waals surface area contributed by atoms with Gasteiger partial charge in [-0.25, -0.2) is 0 Å². The largest absolute Gasteiger partial charge is 0.255 e. The zero-order valence-electron chi connectivity index (χ0n) is 19.8. The summed E-state index contributed by atoms with van der Waals surface area (Å²) in [6.07, 6.45) is -1.18. The second kappa shape index (κ2) is 12.3. The first kappa shape index (κ1) is 25.5. The molecule has 0 aliphatic rings. The Kier molecular flexibility index (Phi) is 8.98. The van der Waals surface area contributed by atoms with E-state index in [0.717, 1.165) is 0 Å². The predicted molar refractivity (Wildman–Crippen MR) is 150 cm³/mol. The van der Waals surface area contributed by atoms with Gasteiger partial charge in [-0.3, -0.25) is 0 Å². The van der Waals surface area contributed by atoms with Crippen LogP contribution in [0.1, 0.15) is 6.42 Å².